The van der Waals surface area contributed by atoms with Gasteiger partial charge in [-0.1, -0.05) is 24.3 Å². The zero-order valence-electron chi connectivity index (χ0n) is 9.94. The molecule has 0 heterocycles. The maximum atomic E-state index is 9.74. The number of hydrogen-bond donors (Lipinski definition) is 1. The van der Waals surface area contributed by atoms with Gasteiger partial charge in [-0.05, 0) is 35.4 Å². The first-order chi connectivity index (χ1) is 7.59. The Morgan fingerprint density at radius 2 is 1.88 bits per heavy atom. The van der Waals surface area contributed by atoms with E-state index in [0.717, 1.165) is 16.6 Å². The summed E-state index contributed by atoms with van der Waals surface area (Å²) in [5.74, 6) is 0. The van der Waals surface area contributed by atoms with Crippen LogP contribution in [0.3, 0.4) is 0 Å². The highest BCUT2D eigenvalue weighted by Gasteiger charge is 2.07. The van der Waals surface area contributed by atoms with Crippen LogP contribution in [0.25, 0.3) is 10.8 Å². The molecule has 1 N–H and O–H groups in total. The Morgan fingerprint density at radius 1 is 1.12 bits per heavy atom. The molecule has 0 spiro atoms. The summed E-state index contributed by atoms with van der Waals surface area (Å²) < 4.78 is 0. The summed E-state index contributed by atoms with van der Waals surface area (Å²) in [5, 5.41) is 12.0. The van der Waals surface area contributed by atoms with Crippen molar-refractivity contribution in [2.75, 3.05) is 19.0 Å². The lowest BCUT2D eigenvalue weighted by atomic mass is 10.0. The molecule has 0 saturated heterocycles. The first kappa shape index (κ1) is 11.0. The molecule has 0 aliphatic carbocycles. The Morgan fingerprint density at radius 3 is 2.50 bits per heavy atom. The van der Waals surface area contributed by atoms with Gasteiger partial charge in [0.15, 0.2) is 0 Å². The number of benzene rings is 2. The maximum absolute atomic E-state index is 9.74. The molecule has 2 nitrogen and oxygen atoms in total. The number of rotatable bonds is 2. The highest BCUT2D eigenvalue weighted by molar-refractivity contribution is 5.89. The van der Waals surface area contributed by atoms with E-state index in [1.54, 1.807) is 6.92 Å². The van der Waals surface area contributed by atoms with Gasteiger partial charge >= 0.3 is 0 Å². The molecule has 0 radical (unpaired) electrons. The normalized spacial score (nSPS) is 12.8. The number of aliphatic hydroxyl groups excluding tert-OH is 1. The summed E-state index contributed by atoms with van der Waals surface area (Å²) in [4.78, 5) is 2.07. The molecule has 1 atom stereocenters. The maximum Gasteiger partial charge on any atom is 0.0767 e. The van der Waals surface area contributed by atoms with Gasteiger partial charge in [-0.15, -0.1) is 0 Å². The van der Waals surface area contributed by atoms with Crippen LogP contribution in [0.15, 0.2) is 36.4 Å². The van der Waals surface area contributed by atoms with Crippen LogP contribution in [0.5, 0.6) is 0 Å². The monoisotopic (exact) mass is 215 g/mol. The average Bonchev–Trinajstić information content (AvgIpc) is 2.27. The predicted octanol–water partition coefficient (Wildman–Crippen LogP) is 2.96. The molecule has 16 heavy (non-hydrogen) atoms. The molecule has 0 bridgehead atoms. The largest absolute Gasteiger partial charge is 0.389 e. The zero-order chi connectivity index (χ0) is 11.7. The quantitative estimate of drug-likeness (QED) is 0.832. The highest BCUT2D eigenvalue weighted by atomic mass is 16.3. The van der Waals surface area contributed by atoms with Gasteiger partial charge in [-0.2, -0.15) is 0 Å². The second-order valence-electron chi connectivity index (χ2n) is 4.32. The van der Waals surface area contributed by atoms with Crippen LogP contribution in [0.1, 0.15) is 18.6 Å². The topological polar surface area (TPSA) is 23.5 Å². The fourth-order valence-electron chi connectivity index (χ4n) is 1.93. The van der Waals surface area contributed by atoms with E-state index in [4.69, 9.17) is 0 Å². The summed E-state index contributed by atoms with van der Waals surface area (Å²) in [7, 11) is 4.04. The Balaban J connectivity index is 2.68. The van der Waals surface area contributed by atoms with Gasteiger partial charge in [-0.25, -0.2) is 0 Å². The van der Waals surface area contributed by atoms with Gasteiger partial charge in [0, 0.05) is 19.8 Å². The molecule has 2 rings (SSSR count). The van der Waals surface area contributed by atoms with Gasteiger partial charge in [-0.3, -0.25) is 0 Å². The molecule has 0 aliphatic heterocycles. The second-order valence-corrected chi connectivity index (χ2v) is 4.32. The van der Waals surface area contributed by atoms with Gasteiger partial charge in [0.25, 0.3) is 0 Å². The van der Waals surface area contributed by atoms with Crippen LogP contribution in [0.4, 0.5) is 5.69 Å². The minimum Gasteiger partial charge on any atom is -0.389 e. The van der Waals surface area contributed by atoms with Crippen LogP contribution in [0.2, 0.25) is 0 Å². The van der Waals surface area contributed by atoms with Crippen molar-refractivity contribution in [3.8, 4) is 0 Å². The van der Waals surface area contributed by atoms with Crippen molar-refractivity contribution in [1.29, 1.82) is 0 Å². The Hall–Kier alpha value is -1.54. The van der Waals surface area contributed by atoms with Crippen molar-refractivity contribution in [1.82, 2.24) is 0 Å². The molecule has 0 fully saturated rings. The van der Waals surface area contributed by atoms with Crippen molar-refractivity contribution in [3.05, 3.63) is 42.0 Å². The molecule has 84 valence electrons. The molecule has 0 aromatic heterocycles. The van der Waals surface area contributed by atoms with Crippen molar-refractivity contribution in [2.24, 2.45) is 0 Å². The molecular formula is C14H17NO. The standard InChI is InChI=1S/C14H17NO/c1-10(16)13-6-4-5-11-7-8-12(15(2)3)9-14(11)13/h4-10,16H,1-3H3. The van der Waals surface area contributed by atoms with E-state index in [9.17, 15) is 5.11 Å². The van der Waals surface area contributed by atoms with E-state index >= 15 is 0 Å². The lowest BCUT2D eigenvalue weighted by molar-refractivity contribution is 0.201. The fraction of sp³-hybridized carbons (Fsp3) is 0.286. The van der Waals surface area contributed by atoms with Crippen LogP contribution in [0, 0.1) is 0 Å². The lowest BCUT2D eigenvalue weighted by Gasteiger charge is -2.15. The van der Waals surface area contributed by atoms with Gasteiger partial charge in [0.2, 0.25) is 0 Å². The average molecular weight is 215 g/mol. The van der Waals surface area contributed by atoms with Crippen LogP contribution >= 0.6 is 0 Å². The summed E-state index contributed by atoms with van der Waals surface area (Å²) >= 11 is 0. The van der Waals surface area contributed by atoms with E-state index in [1.807, 2.05) is 26.2 Å². The summed E-state index contributed by atoms with van der Waals surface area (Å²) in [6.07, 6.45) is -0.430. The second kappa shape index (κ2) is 4.14. The minimum absolute atomic E-state index is 0.430. The first-order valence-electron chi connectivity index (χ1n) is 5.47. The molecular weight excluding hydrogens is 198 g/mol. The smallest absolute Gasteiger partial charge is 0.0767 e. The van der Waals surface area contributed by atoms with Gasteiger partial charge in [0.05, 0.1) is 6.10 Å². The molecule has 2 heteroatoms. The van der Waals surface area contributed by atoms with Crippen molar-refractivity contribution < 1.29 is 5.11 Å². The summed E-state index contributed by atoms with van der Waals surface area (Å²) in [6, 6.07) is 12.3. The van der Waals surface area contributed by atoms with E-state index in [0.29, 0.717) is 0 Å². The Labute approximate surface area is 96.1 Å². The van der Waals surface area contributed by atoms with E-state index < -0.39 is 6.10 Å². The predicted molar refractivity (Wildman–Crippen MR) is 68.9 cm³/mol. The molecule has 2 aromatic rings. The number of nitrogens with zero attached hydrogens (tertiary/aromatic N) is 1. The van der Waals surface area contributed by atoms with Crippen molar-refractivity contribution in [3.63, 3.8) is 0 Å². The molecule has 2 aromatic carbocycles. The van der Waals surface area contributed by atoms with Gasteiger partial charge in [0.1, 0.15) is 0 Å². The number of hydrogen-bond acceptors (Lipinski definition) is 2. The first-order valence-corrected chi connectivity index (χ1v) is 5.47. The zero-order valence-corrected chi connectivity index (χ0v) is 9.94. The molecule has 0 saturated carbocycles. The SMILES string of the molecule is CC(O)c1cccc2ccc(N(C)C)cc12. The number of fused-ring (bicyclic) bond motifs is 1. The van der Waals surface area contributed by atoms with Crippen LogP contribution < -0.4 is 4.90 Å². The van der Waals surface area contributed by atoms with E-state index in [-0.39, 0.29) is 0 Å². The third-order valence-electron chi connectivity index (χ3n) is 2.87. The van der Waals surface area contributed by atoms with Crippen molar-refractivity contribution in [2.45, 2.75) is 13.0 Å². The fourth-order valence-corrected chi connectivity index (χ4v) is 1.93. The van der Waals surface area contributed by atoms with Crippen LogP contribution in [-0.4, -0.2) is 19.2 Å². The third kappa shape index (κ3) is 1.89. The lowest BCUT2D eigenvalue weighted by Crippen LogP contribution is -2.08. The molecule has 0 amide bonds. The van der Waals surface area contributed by atoms with E-state index in [1.165, 1.54) is 5.39 Å². The molecule has 1 unspecified atom stereocenters. The number of anilines is 1. The summed E-state index contributed by atoms with van der Waals surface area (Å²) in [6.45, 7) is 1.80. The van der Waals surface area contributed by atoms with Crippen molar-refractivity contribution >= 4 is 16.5 Å². The van der Waals surface area contributed by atoms with E-state index in [2.05, 4.69) is 29.2 Å². The Kier molecular flexibility index (Phi) is 2.84. The number of aliphatic hydroxyl groups is 1. The third-order valence-corrected chi connectivity index (χ3v) is 2.87. The minimum atomic E-state index is -0.430. The van der Waals surface area contributed by atoms with Gasteiger partial charge < -0.3 is 10.0 Å². The Bertz CT molecular complexity index is 503. The molecule has 0 aliphatic rings. The summed E-state index contributed by atoms with van der Waals surface area (Å²) in [5.41, 5.74) is 2.14. The highest BCUT2D eigenvalue weighted by Crippen LogP contribution is 2.27. The van der Waals surface area contributed by atoms with Crippen LogP contribution in [-0.2, 0) is 0 Å².